The van der Waals surface area contributed by atoms with E-state index in [4.69, 9.17) is 4.74 Å². The first-order valence-corrected chi connectivity index (χ1v) is 11.4. The highest BCUT2D eigenvalue weighted by molar-refractivity contribution is 5.95. The third kappa shape index (κ3) is 5.72. The molecule has 0 unspecified atom stereocenters. The summed E-state index contributed by atoms with van der Waals surface area (Å²) in [5.74, 6) is 0.154. The van der Waals surface area contributed by atoms with Gasteiger partial charge in [0.25, 0.3) is 5.56 Å². The van der Waals surface area contributed by atoms with Crippen LogP contribution in [0.2, 0.25) is 0 Å². The number of nitrogens with one attached hydrogen (secondary N) is 2. The number of carbonyl (C=O) groups excluding carboxylic acids is 2. The van der Waals surface area contributed by atoms with E-state index in [9.17, 15) is 14.4 Å². The summed E-state index contributed by atoms with van der Waals surface area (Å²) in [4.78, 5) is 44.5. The third-order valence-corrected chi connectivity index (χ3v) is 5.22. The number of anilines is 3. The number of aromatic nitrogens is 2. The zero-order valence-corrected chi connectivity index (χ0v) is 20.1. The Morgan fingerprint density at radius 2 is 1.76 bits per heavy atom. The maximum Gasteiger partial charge on any atom is 0.294 e. The fourth-order valence-corrected chi connectivity index (χ4v) is 3.83. The Bertz CT molecular complexity index is 1230. The molecule has 3 rings (SSSR count). The Morgan fingerprint density at radius 1 is 1.06 bits per heavy atom. The van der Waals surface area contributed by atoms with E-state index in [0.29, 0.717) is 47.1 Å². The average Bonchev–Trinajstić information content (AvgIpc) is 2.80. The van der Waals surface area contributed by atoms with Gasteiger partial charge in [-0.05, 0) is 43.2 Å². The van der Waals surface area contributed by atoms with Crippen LogP contribution >= 0.6 is 0 Å². The second-order valence-electron chi connectivity index (χ2n) is 7.95. The first-order valence-electron chi connectivity index (χ1n) is 11.4. The van der Waals surface area contributed by atoms with Crippen LogP contribution in [0, 0.1) is 0 Å². The molecule has 3 aromatic rings. The van der Waals surface area contributed by atoms with E-state index in [1.54, 1.807) is 24.3 Å². The highest BCUT2D eigenvalue weighted by Gasteiger charge is 2.18. The molecule has 0 aliphatic carbocycles. The van der Waals surface area contributed by atoms with Gasteiger partial charge in [0.2, 0.25) is 11.8 Å². The Kier molecular flexibility index (Phi) is 8.24. The van der Waals surface area contributed by atoms with Gasteiger partial charge in [0.05, 0.1) is 23.8 Å². The number of para-hydroxylation sites is 2. The molecule has 0 bridgehead atoms. The Balaban J connectivity index is 1.98. The molecule has 9 nitrogen and oxygen atoms in total. The maximum atomic E-state index is 13.5. The van der Waals surface area contributed by atoms with Crippen LogP contribution in [0.15, 0.2) is 47.3 Å². The van der Waals surface area contributed by atoms with Gasteiger partial charge in [-0.3, -0.25) is 19.0 Å². The Labute approximate surface area is 198 Å². The van der Waals surface area contributed by atoms with Crippen LogP contribution in [0.4, 0.5) is 17.2 Å². The third-order valence-electron chi connectivity index (χ3n) is 5.22. The number of ether oxygens (including phenoxy) is 1. The molecule has 1 aromatic heterocycles. The molecular weight excluding hydrogens is 434 g/mol. The number of hydrogen-bond donors (Lipinski definition) is 2. The molecule has 1 heterocycles. The van der Waals surface area contributed by atoms with Crippen molar-refractivity contribution in [2.75, 3.05) is 35.7 Å². The van der Waals surface area contributed by atoms with Crippen LogP contribution in [-0.2, 0) is 16.1 Å². The lowest BCUT2D eigenvalue weighted by molar-refractivity contribution is -0.117. The number of amides is 2. The van der Waals surface area contributed by atoms with Crippen molar-refractivity contribution in [1.29, 1.82) is 0 Å². The Morgan fingerprint density at radius 3 is 2.41 bits per heavy atom. The number of hydrogen-bond acceptors (Lipinski definition) is 6. The molecule has 2 N–H and O–H groups in total. The molecule has 9 heteroatoms. The zero-order chi connectivity index (χ0) is 24.7. The maximum absolute atomic E-state index is 13.5. The predicted octanol–water partition coefficient (Wildman–Crippen LogP) is 3.63. The predicted molar refractivity (Wildman–Crippen MR) is 135 cm³/mol. The summed E-state index contributed by atoms with van der Waals surface area (Å²) in [5, 5.41) is 5.49. The van der Waals surface area contributed by atoms with Crippen LogP contribution in [0.1, 0.15) is 33.6 Å². The smallest absolute Gasteiger partial charge is 0.294 e. The minimum atomic E-state index is -0.403. The van der Waals surface area contributed by atoms with E-state index in [1.165, 1.54) is 18.6 Å². The minimum absolute atomic E-state index is 0.200. The van der Waals surface area contributed by atoms with Crippen molar-refractivity contribution in [3.05, 3.63) is 52.8 Å². The van der Waals surface area contributed by atoms with Crippen LogP contribution in [-0.4, -0.2) is 41.6 Å². The molecule has 0 aliphatic heterocycles. The van der Waals surface area contributed by atoms with Crippen molar-refractivity contribution in [3.63, 3.8) is 0 Å². The van der Waals surface area contributed by atoms with Gasteiger partial charge in [-0.1, -0.05) is 26.0 Å². The van der Waals surface area contributed by atoms with Gasteiger partial charge in [-0.15, -0.1) is 0 Å². The standard InChI is InChI=1S/C25H31N5O4/c1-5-13-29(14-6-2)24-25(33)30(21-10-8-7-9-19(21)28-24)16-23(32)27-20-15-18(26-17(3)31)11-12-22(20)34-4/h7-12,15H,5-6,13-14,16H2,1-4H3,(H,26,31)(H,27,32). The van der Waals surface area contributed by atoms with Gasteiger partial charge < -0.3 is 20.3 Å². The zero-order valence-electron chi connectivity index (χ0n) is 20.1. The number of fused-ring (bicyclic) bond motifs is 1. The topological polar surface area (TPSA) is 106 Å². The first-order chi connectivity index (χ1) is 16.4. The second kappa shape index (κ2) is 11.3. The molecular formula is C25H31N5O4. The number of rotatable bonds is 10. The van der Waals surface area contributed by atoms with Crippen LogP contribution in [0.5, 0.6) is 5.75 Å². The summed E-state index contributed by atoms with van der Waals surface area (Å²) in [6.07, 6.45) is 1.75. The summed E-state index contributed by atoms with van der Waals surface area (Å²) in [6, 6.07) is 12.2. The quantitative estimate of drug-likeness (QED) is 0.474. The van der Waals surface area contributed by atoms with Gasteiger partial charge >= 0.3 is 0 Å². The molecule has 0 radical (unpaired) electrons. The number of carbonyl (C=O) groups is 2. The largest absolute Gasteiger partial charge is 0.495 e. The van der Waals surface area contributed by atoms with Gasteiger partial charge in [-0.2, -0.15) is 0 Å². The van der Waals surface area contributed by atoms with Crippen LogP contribution in [0.25, 0.3) is 11.0 Å². The molecule has 0 fully saturated rings. The fourth-order valence-electron chi connectivity index (χ4n) is 3.83. The lowest BCUT2D eigenvalue weighted by atomic mass is 10.2. The van der Waals surface area contributed by atoms with E-state index in [1.807, 2.05) is 23.1 Å². The Hall–Kier alpha value is -3.88. The van der Waals surface area contributed by atoms with Crippen molar-refractivity contribution in [3.8, 4) is 5.75 Å². The number of methoxy groups -OCH3 is 1. The van der Waals surface area contributed by atoms with E-state index < -0.39 is 5.91 Å². The van der Waals surface area contributed by atoms with Crippen molar-refractivity contribution in [1.82, 2.24) is 9.55 Å². The molecule has 0 atom stereocenters. The van der Waals surface area contributed by atoms with Gasteiger partial charge in [0.15, 0.2) is 5.82 Å². The lowest BCUT2D eigenvalue weighted by Gasteiger charge is -2.23. The molecule has 34 heavy (non-hydrogen) atoms. The summed E-state index contributed by atoms with van der Waals surface area (Å²) in [6.45, 7) is 6.72. The highest BCUT2D eigenvalue weighted by Crippen LogP contribution is 2.28. The highest BCUT2D eigenvalue weighted by atomic mass is 16.5. The van der Waals surface area contributed by atoms with Crippen LogP contribution in [0.3, 0.4) is 0 Å². The van der Waals surface area contributed by atoms with E-state index in [2.05, 4.69) is 29.5 Å². The molecule has 2 aromatic carbocycles. The van der Waals surface area contributed by atoms with Crippen molar-refractivity contribution in [2.24, 2.45) is 0 Å². The summed E-state index contributed by atoms with van der Waals surface area (Å²) < 4.78 is 6.80. The van der Waals surface area contributed by atoms with E-state index in [0.717, 1.165) is 12.8 Å². The molecule has 0 spiro atoms. The average molecular weight is 466 g/mol. The van der Waals surface area contributed by atoms with Crippen molar-refractivity contribution in [2.45, 2.75) is 40.2 Å². The first kappa shape index (κ1) is 24.8. The fraction of sp³-hybridized carbons (Fsp3) is 0.360. The normalized spacial score (nSPS) is 10.7. The summed E-state index contributed by atoms with van der Waals surface area (Å²) in [5.41, 5.74) is 1.83. The summed E-state index contributed by atoms with van der Waals surface area (Å²) in [7, 11) is 1.49. The van der Waals surface area contributed by atoms with Crippen molar-refractivity contribution < 1.29 is 14.3 Å². The summed E-state index contributed by atoms with van der Waals surface area (Å²) >= 11 is 0. The van der Waals surface area contributed by atoms with Crippen molar-refractivity contribution >= 4 is 40.0 Å². The monoisotopic (exact) mass is 465 g/mol. The SMILES string of the molecule is CCCN(CCC)c1nc2ccccc2n(CC(=O)Nc2cc(NC(C)=O)ccc2OC)c1=O. The lowest BCUT2D eigenvalue weighted by Crippen LogP contribution is -2.36. The van der Waals surface area contributed by atoms with Gasteiger partial charge in [0.1, 0.15) is 12.3 Å². The second-order valence-corrected chi connectivity index (χ2v) is 7.95. The molecule has 0 saturated carbocycles. The molecule has 0 saturated heterocycles. The number of nitrogens with zero attached hydrogens (tertiary/aromatic N) is 3. The molecule has 2 amide bonds. The van der Waals surface area contributed by atoms with Gasteiger partial charge in [0, 0.05) is 25.7 Å². The van der Waals surface area contributed by atoms with E-state index >= 15 is 0 Å². The van der Waals surface area contributed by atoms with E-state index in [-0.39, 0.29) is 18.0 Å². The van der Waals surface area contributed by atoms with Gasteiger partial charge in [-0.25, -0.2) is 4.98 Å². The van der Waals surface area contributed by atoms with Crippen LogP contribution < -0.4 is 25.8 Å². The molecule has 0 aliphatic rings. The molecule has 180 valence electrons. The minimum Gasteiger partial charge on any atom is -0.495 e. The number of benzene rings is 2.